The SMILES string of the molecule is Nc1nc2c(ncn2CCc2ccc3c(c2)CCCC3)c(=O)[nH]1. The van der Waals surface area contributed by atoms with E-state index < -0.39 is 0 Å². The third-order valence-corrected chi connectivity index (χ3v) is 4.55. The minimum Gasteiger partial charge on any atom is -0.369 e. The summed E-state index contributed by atoms with van der Waals surface area (Å²) in [5.41, 5.74) is 10.5. The first-order valence-electron chi connectivity index (χ1n) is 8.02. The number of nitrogen functional groups attached to an aromatic ring is 1. The summed E-state index contributed by atoms with van der Waals surface area (Å²) in [6, 6.07) is 6.79. The third-order valence-electron chi connectivity index (χ3n) is 4.55. The molecule has 0 spiro atoms. The molecule has 3 aromatic rings. The minimum absolute atomic E-state index is 0.123. The van der Waals surface area contributed by atoms with Crippen LogP contribution in [0.5, 0.6) is 0 Å². The second-order valence-electron chi connectivity index (χ2n) is 6.12. The van der Waals surface area contributed by atoms with E-state index in [9.17, 15) is 4.79 Å². The van der Waals surface area contributed by atoms with Crippen LogP contribution in [0.25, 0.3) is 11.2 Å². The molecule has 0 unspecified atom stereocenters. The maximum atomic E-state index is 11.8. The number of benzene rings is 1. The molecule has 0 fully saturated rings. The summed E-state index contributed by atoms with van der Waals surface area (Å²) < 4.78 is 1.89. The Kier molecular flexibility index (Phi) is 3.37. The van der Waals surface area contributed by atoms with Crippen LogP contribution in [0, 0.1) is 0 Å². The molecular formula is C17H19N5O. The van der Waals surface area contributed by atoms with Gasteiger partial charge in [-0.1, -0.05) is 18.2 Å². The van der Waals surface area contributed by atoms with E-state index in [0.717, 1.165) is 13.0 Å². The van der Waals surface area contributed by atoms with E-state index in [2.05, 4.69) is 33.2 Å². The number of fused-ring (bicyclic) bond motifs is 2. The maximum absolute atomic E-state index is 11.8. The van der Waals surface area contributed by atoms with Gasteiger partial charge in [-0.3, -0.25) is 9.78 Å². The van der Waals surface area contributed by atoms with Crippen molar-refractivity contribution in [2.45, 2.75) is 38.6 Å². The number of H-pyrrole nitrogens is 1. The Morgan fingerprint density at radius 3 is 2.91 bits per heavy atom. The number of rotatable bonds is 3. The summed E-state index contributed by atoms with van der Waals surface area (Å²) in [5, 5.41) is 0. The van der Waals surface area contributed by atoms with Crippen LogP contribution in [0.2, 0.25) is 0 Å². The molecular weight excluding hydrogens is 290 g/mol. The van der Waals surface area contributed by atoms with E-state index in [1.54, 1.807) is 6.33 Å². The van der Waals surface area contributed by atoms with E-state index in [1.165, 1.54) is 42.4 Å². The topological polar surface area (TPSA) is 89.6 Å². The van der Waals surface area contributed by atoms with Crippen molar-refractivity contribution in [1.82, 2.24) is 19.5 Å². The van der Waals surface area contributed by atoms with Gasteiger partial charge < -0.3 is 10.3 Å². The number of nitrogens with two attached hydrogens (primary N) is 1. The highest BCUT2D eigenvalue weighted by atomic mass is 16.1. The lowest BCUT2D eigenvalue weighted by atomic mass is 9.90. The second-order valence-corrected chi connectivity index (χ2v) is 6.12. The molecule has 0 saturated carbocycles. The van der Waals surface area contributed by atoms with Gasteiger partial charge >= 0.3 is 0 Å². The molecule has 0 amide bonds. The Labute approximate surface area is 133 Å². The zero-order valence-electron chi connectivity index (χ0n) is 12.9. The fourth-order valence-corrected chi connectivity index (χ4v) is 3.33. The fourth-order valence-electron chi connectivity index (χ4n) is 3.33. The van der Waals surface area contributed by atoms with Crippen molar-refractivity contribution in [3.8, 4) is 0 Å². The molecule has 1 aliphatic rings. The third kappa shape index (κ3) is 2.60. The molecule has 2 aromatic heterocycles. The first-order valence-corrected chi connectivity index (χ1v) is 8.02. The number of nitrogens with one attached hydrogen (secondary N) is 1. The van der Waals surface area contributed by atoms with Gasteiger partial charge in [-0.05, 0) is 48.8 Å². The summed E-state index contributed by atoms with van der Waals surface area (Å²) in [5.74, 6) is 0.123. The minimum atomic E-state index is -0.292. The van der Waals surface area contributed by atoms with Gasteiger partial charge in [0.25, 0.3) is 5.56 Å². The second kappa shape index (κ2) is 5.53. The van der Waals surface area contributed by atoms with Crippen LogP contribution in [-0.4, -0.2) is 19.5 Å². The number of aromatic nitrogens is 4. The molecule has 6 nitrogen and oxygen atoms in total. The van der Waals surface area contributed by atoms with Gasteiger partial charge in [0, 0.05) is 6.54 Å². The molecule has 0 radical (unpaired) electrons. The van der Waals surface area contributed by atoms with E-state index in [4.69, 9.17) is 5.73 Å². The molecule has 0 atom stereocenters. The van der Waals surface area contributed by atoms with Gasteiger partial charge in [0.2, 0.25) is 5.95 Å². The molecule has 0 aliphatic heterocycles. The first-order chi connectivity index (χ1) is 11.2. The largest absolute Gasteiger partial charge is 0.369 e. The monoisotopic (exact) mass is 309 g/mol. The van der Waals surface area contributed by atoms with E-state index in [-0.39, 0.29) is 11.5 Å². The maximum Gasteiger partial charge on any atom is 0.280 e. The van der Waals surface area contributed by atoms with Crippen LogP contribution >= 0.6 is 0 Å². The van der Waals surface area contributed by atoms with Crippen molar-refractivity contribution in [3.63, 3.8) is 0 Å². The van der Waals surface area contributed by atoms with E-state index in [0.29, 0.717) is 11.2 Å². The molecule has 6 heteroatoms. The molecule has 1 aliphatic carbocycles. The highest BCUT2D eigenvalue weighted by Gasteiger charge is 2.11. The fraction of sp³-hybridized carbons (Fsp3) is 0.353. The molecule has 118 valence electrons. The molecule has 23 heavy (non-hydrogen) atoms. The summed E-state index contributed by atoms with van der Waals surface area (Å²) in [4.78, 5) is 22.6. The summed E-state index contributed by atoms with van der Waals surface area (Å²) in [7, 11) is 0. The number of aryl methyl sites for hydroxylation is 4. The Hall–Kier alpha value is -2.63. The quantitative estimate of drug-likeness (QED) is 0.772. The van der Waals surface area contributed by atoms with E-state index >= 15 is 0 Å². The van der Waals surface area contributed by atoms with Gasteiger partial charge in [-0.25, -0.2) is 4.98 Å². The average molecular weight is 309 g/mol. The van der Waals surface area contributed by atoms with Gasteiger partial charge in [0.15, 0.2) is 11.2 Å². The smallest absolute Gasteiger partial charge is 0.280 e. The molecule has 4 rings (SSSR count). The standard InChI is InChI=1S/C17H19N5O/c18-17-20-15-14(16(23)21-17)19-10-22(15)8-7-11-5-6-12-3-1-2-4-13(12)9-11/h5-6,9-10H,1-4,7-8H2,(H3,18,20,21,23). The Morgan fingerprint density at radius 1 is 1.22 bits per heavy atom. The molecule has 3 N–H and O–H groups in total. The zero-order chi connectivity index (χ0) is 15.8. The zero-order valence-corrected chi connectivity index (χ0v) is 12.9. The summed E-state index contributed by atoms with van der Waals surface area (Å²) in [6.07, 6.45) is 7.51. The number of imidazole rings is 1. The predicted molar refractivity (Wildman–Crippen MR) is 89.3 cm³/mol. The lowest BCUT2D eigenvalue weighted by molar-refractivity contribution is 0.678. The lowest BCUT2D eigenvalue weighted by Gasteiger charge is -2.16. The normalized spacial score (nSPS) is 14.1. The average Bonchev–Trinajstić information content (AvgIpc) is 2.96. The van der Waals surface area contributed by atoms with Crippen LogP contribution in [0.4, 0.5) is 5.95 Å². The predicted octanol–water partition coefficient (Wildman–Crippen LogP) is 1.82. The van der Waals surface area contributed by atoms with Crippen molar-refractivity contribution in [1.29, 1.82) is 0 Å². The first kappa shape index (κ1) is 14.0. The number of hydrogen-bond donors (Lipinski definition) is 2. The Balaban J connectivity index is 1.59. The van der Waals surface area contributed by atoms with Crippen LogP contribution in [0.1, 0.15) is 29.5 Å². The van der Waals surface area contributed by atoms with Crippen LogP contribution < -0.4 is 11.3 Å². The van der Waals surface area contributed by atoms with Crippen LogP contribution in [0.3, 0.4) is 0 Å². The van der Waals surface area contributed by atoms with Gasteiger partial charge in [-0.2, -0.15) is 4.98 Å². The number of nitrogens with zero attached hydrogens (tertiary/aromatic N) is 3. The highest BCUT2D eigenvalue weighted by Crippen LogP contribution is 2.22. The van der Waals surface area contributed by atoms with E-state index in [1.807, 2.05) is 4.57 Å². The van der Waals surface area contributed by atoms with Crippen molar-refractivity contribution in [3.05, 3.63) is 51.6 Å². The van der Waals surface area contributed by atoms with Gasteiger partial charge in [0.05, 0.1) is 6.33 Å². The molecule has 0 saturated heterocycles. The van der Waals surface area contributed by atoms with Crippen LogP contribution in [-0.2, 0) is 25.8 Å². The number of hydrogen-bond acceptors (Lipinski definition) is 4. The van der Waals surface area contributed by atoms with Crippen LogP contribution in [0.15, 0.2) is 29.3 Å². The van der Waals surface area contributed by atoms with Crippen molar-refractivity contribution < 1.29 is 0 Å². The number of anilines is 1. The number of aromatic amines is 1. The lowest BCUT2D eigenvalue weighted by Crippen LogP contribution is -2.12. The highest BCUT2D eigenvalue weighted by molar-refractivity contribution is 5.70. The van der Waals surface area contributed by atoms with Crippen molar-refractivity contribution in [2.75, 3.05) is 5.73 Å². The van der Waals surface area contributed by atoms with Crippen molar-refractivity contribution >= 4 is 17.1 Å². The summed E-state index contributed by atoms with van der Waals surface area (Å²) >= 11 is 0. The summed E-state index contributed by atoms with van der Waals surface area (Å²) in [6.45, 7) is 0.727. The molecule has 2 heterocycles. The van der Waals surface area contributed by atoms with Gasteiger partial charge in [0.1, 0.15) is 0 Å². The van der Waals surface area contributed by atoms with Gasteiger partial charge in [-0.15, -0.1) is 0 Å². The Bertz CT molecular complexity index is 924. The Morgan fingerprint density at radius 2 is 2.04 bits per heavy atom. The van der Waals surface area contributed by atoms with Crippen molar-refractivity contribution in [2.24, 2.45) is 0 Å². The molecule has 0 bridgehead atoms. The molecule has 1 aromatic carbocycles.